The largest absolute Gasteiger partial charge is 0.467 e. The van der Waals surface area contributed by atoms with Crippen LogP contribution in [0, 0.1) is 6.92 Å². The van der Waals surface area contributed by atoms with Gasteiger partial charge in [-0.3, -0.25) is 0 Å². The average Bonchev–Trinajstić information content (AvgIpc) is 2.84. The third kappa shape index (κ3) is 4.50. The Labute approximate surface area is 128 Å². The lowest BCUT2D eigenvalue weighted by Gasteiger charge is -2.05. The van der Waals surface area contributed by atoms with E-state index in [1.807, 2.05) is 0 Å². The summed E-state index contributed by atoms with van der Waals surface area (Å²) in [6, 6.07) is 3.32. The van der Waals surface area contributed by atoms with E-state index in [4.69, 9.17) is 14.0 Å². The Hall–Kier alpha value is -2.00. The van der Waals surface area contributed by atoms with Gasteiger partial charge in [0.2, 0.25) is 0 Å². The monoisotopic (exact) mass is 327 g/mol. The highest BCUT2D eigenvalue weighted by Gasteiger charge is 2.18. The average molecular weight is 327 g/mol. The molecule has 9 heteroatoms. The van der Waals surface area contributed by atoms with Crippen molar-refractivity contribution in [2.45, 2.75) is 25.0 Å². The number of aromatic nitrogens is 3. The summed E-state index contributed by atoms with van der Waals surface area (Å²) in [7, 11) is -0.492. The minimum Gasteiger partial charge on any atom is -0.467 e. The van der Waals surface area contributed by atoms with E-state index in [0.29, 0.717) is 22.8 Å². The Morgan fingerprint density at radius 1 is 1.14 bits per heavy atom. The first-order chi connectivity index (χ1) is 10.4. The van der Waals surface area contributed by atoms with E-state index in [9.17, 15) is 8.42 Å². The highest BCUT2D eigenvalue weighted by atomic mass is 32.2. The summed E-state index contributed by atoms with van der Waals surface area (Å²) >= 11 is 0. The SMILES string of the molecule is COCc1cc(CS(=O)(=O)Cc2cc(C)nc(OC)n2)no1. The second kappa shape index (κ2) is 6.84. The van der Waals surface area contributed by atoms with E-state index < -0.39 is 9.84 Å². The first kappa shape index (κ1) is 16.4. The first-order valence-electron chi connectivity index (χ1n) is 6.44. The molecule has 0 amide bonds. The predicted molar refractivity (Wildman–Crippen MR) is 76.9 cm³/mol. The van der Waals surface area contributed by atoms with Crippen molar-refractivity contribution in [1.82, 2.24) is 15.1 Å². The zero-order chi connectivity index (χ0) is 16.2. The molecule has 0 radical (unpaired) electrons. The van der Waals surface area contributed by atoms with Gasteiger partial charge in [-0.05, 0) is 13.0 Å². The second-order valence-corrected chi connectivity index (χ2v) is 6.80. The van der Waals surface area contributed by atoms with Crippen LogP contribution in [0.1, 0.15) is 22.8 Å². The molecule has 0 aliphatic rings. The molecule has 0 atom stereocenters. The van der Waals surface area contributed by atoms with Gasteiger partial charge in [0.15, 0.2) is 15.6 Å². The Morgan fingerprint density at radius 2 is 1.86 bits per heavy atom. The molecule has 0 aliphatic heterocycles. The molecular formula is C13H17N3O5S. The fourth-order valence-corrected chi connectivity index (χ4v) is 3.19. The molecule has 0 saturated carbocycles. The normalized spacial score (nSPS) is 11.6. The van der Waals surface area contributed by atoms with Crippen LogP contribution in [0.25, 0.3) is 0 Å². The molecule has 0 fully saturated rings. The number of hydrogen-bond acceptors (Lipinski definition) is 8. The summed E-state index contributed by atoms with van der Waals surface area (Å²) in [4.78, 5) is 8.06. The van der Waals surface area contributed by atoms with Crippen LogP contribution in [-0.2, 0) is 32.7 Å². The van der Waals surface area contributed by atoms with E-state index >= 15 is 0 Å². The molecule has 0 bridgehead atoms. The lowest BCUT2D eigenvalue weighted by atomic mass is 10.4. The maximum atomic E-state index is 12.2. The van der Waals surface area contributed by atoms with Crippen molar-refractivity contribution in [3.8, 4) is 6.01 Å². The number of rotatable bonds is 7. The Balaban J connectivity index is 2.11. The maximum Gasteiger partial charge on any atom is 0.316 e. The zero-order valence-corrected chi connectivity index (χ0v) is 13.4. The lowest BCUT2D eigenvalue weighted by Crippen LogP contribution is -2.10. The topological polar surface area (TPSA) is 104 Å². The van der Waals surface area contributed by atoms with Crippen LogP contribution in [0.2, 0.25) is 0 Å². The standard InChI is InChI=1S/C13H17N3O5S/c1-9-4-10(15-13(14-9)20-3)7-22(17,18)8-11-5-12(6-19-2)21-16-11/h4-5H,6-8H2,1-3H3. The van der Waals surface area contributed by atoms with Gasteiger partial charge in [0.05, 0.1) is 30.0 Å². The lowest BCUT2D eigenvalue weighted by molar-refractivity contribution is 0.156. The molecule has 22 heavy (non-hydrogen) atoms. The summed E-state index contributed by atoms with van der Waals surface area (Å²) in [6.07, 6.45) is 0. The van der Waals surface area contributed by atoms with Crippen molar-refractivity contribution < 1.29 is 22.4 Å². The van der Waals surface area contributed by atoms with Gasteiger partial charge in [-0.25, -0.2) is 13.4 Å². The number of nitrogens with zero attached hydrogens (tertiary/aromatic N) is 3. The molecule has 0 unspecified atom stereocenters. The predicted octanol–water partition coefficient (Wildman–Crippen LogP) is 1.04. The van der Waals surface area contributed by atoms with Crippen molar-refractivity contribution in [2.24, 2.45) is 0 Å². The van der Waals surface area contributed by atoms with Gasteiger partial charge < -0.3 is 14.0 Å². The summed E-state index contributed by atoms with van der Waals surface area (Å²) < 4.78 is 39.3. The third-order valence-electron chi connectivity index (χ3n) is 2.70. The highest BCUT2D eigenvalue weighted by molar-refractivity contribution is 7.89. The third-order valence-corrected chi connectivity index (χ3v) is 4.17. The molecule has 2 heterocycles. The molecule has 2 rings (SSSR count). The van der Waals surface area contributed by atoms with Crippen molar-refractivity contribution in [2.75, 3.05) is 14.2 Å². The van der Waals surface area contributed by atoms with Gasteiger partial charge in [0, 0.05) is 18.9 Å². The van der Waals surface area contributed by atoms with Gasteiger partial charge in [0.1, 0.15) is 6.61 Å². The molecule has 0 spiro atoms. The van der Waals surface area contributed by atoms with Crippen LogP contribution < -0.4 is 4.74 Å². The van der Waals surface area contributed by atoms with Gasteiger partial charge in [0.25, 0.3) is 0 Å². The molecular weight excluding hydrogens is 310 g/mol. The van der Waals surface area contributed by atoms with Crippen molar-refractivity contribution in [3.63, 3.8) is 0 Å². The van der Waals surface area contributed by atoms with E-state index in [1.54, 1.807) is 19.1 Å². The van der Waals surface area contributed by atoms with Gasteiger partial charge >= 0.3 is 6.01 Å². The fraction of sp³-hybridized carbons (Fsp3) is 0.462. The van der Waals surface area contributed by atoms with E-state index in [-0.39, 0.29) is 24.1 Å². The minimum atomic E-state index is -3.44. The smallest absolute Gasteiger partial charge is 0.316 e. The molecule has 2 aromatic heterocycles. The quantitative estimate of drug-likeness (QED) is 0.743. The van der Waals surface area contributed by atoms with Crippen LogP contribution in [-0.4, -0.2) is 37.8 Å². The summed E-state index contributed by atoms with van der Waals surface area (Å²) in [5.74, 6) is 0.0253. The minimum absolute atomic E-state index is 0.147. The van der Waals surface area contributed by atoms with Crippen LogP contribution in [0.3, 0.4) is 0 Å². The van der Waals surface area contributed by atoms with E-state index in [0.717, 1.165) is 0 Å². The number of aryl methyl sites for hydroxylation is 1. The van der Waals surface area contributed by atoms with Gasteiger partial charge in [-0.2, -0.15) is 4.98 Å². The molecule has 0 aromatic carbocycles. The molecule has 8 nitrogen and oxygen atoms in total. The molecule has 2 aromatic rings. The number of hydrogen-bond donors (Lipinski definition) is 0. The van der Waals surface area contributed by atoms with Crippen molar-refractivity contribution in [1.29, 1.82) is 0 Å². The van der Waals surface area contributed by atoms with Crippen LogP contribution in [0.5, 0.6) is 6.01 Å². The summed E-state index contributed by atoms with van der Waals surface area (Å²) in [5, 5.41) is 3.72. The molecule has 120 valence electrons. The maximum absolute atomic E-state index is 12.2. The Morgan fingerprint density at radius 3 is 2.55 bits per heavy atom. The molecule has 0 aliphatic carbocycles. The zero-order valence-electron chi connectivity index (χ0n) is 12.6. The second-order valence-electron chi connectivity index (χ2n) is 4.74. The van der Waals surface area contributed by atoms with Crippen molar-refractivity contribution in [3.05, 3.63) is 35.0 Å². The van der Waals surface area contributed by atoms with E-state index in [2.05, 4.69) is 15.1 Å². The van der Waals surface area contributed by atoms with Crippen molar-refractivity contribution >= 4 is 9.84 Å². The Bertz CT molecular complexity index is 742. The first-order valence-corrected chi connectivity index (χ1v) is 8.26. The fourth-order valence-electron chi connectivity index (χ4n) is 1.91. The molecule has 0 saturated heterocycles. The molecule has 0 N–H and O–H groups in total. The van der Waals surface area contributed by atoms with Crippen LogP contribution in [0.4, 0.5) is 0 Å². The highest BCUT2D eigenvalue weighted by Crippen LogP contribution is 2.14. The summed E-state index contributed by atoms with van der Waals surface area (Å²) in [5.41, 5.74) is 1.36. The van der Waals surface area contributed by atoms with Crippen LogP contribution in [0.15, 0.2) is 16.7 Å². The van der Waals surface area contributed by atoms with Gasteiger partial charge in [-0.1, -0.05) is 5.16 Å². The number of ether oxygens (including phenoxy) is 2. The van der Waals surface area contributed by atoms with E-state index in [1.165, 1.54) is 14.2 Å². The summed E-state index contributed by atoms with van der Waals surface area (Å²) in [6.45, 7) is 1.99. The number of sulfone groups is 1. The Kier molecular flexibility index (Phi) is 5.09. The number of methoxy groups -OCH3 is 2. The van der Waals surface area contributed by atoms with Crippen LogP contribution >= 0.6 is 0 Å². The van der Waals surface area contributed by atoms with Gasteiger partial charge in [-0.15, -0.1) is 0 Å².